The van der Waals surface area contributed by atoms with Crippen LogP contribution in [0, 0.1) is 17.8 Å². The molecule has 9 heteroatoms. The lowest BCUT2D eigenvalue weighted by Gasteiger charge is -2.49. The van der Waals surface area contributed by atoms with Crippen LogP contribution >= 0.6 is 0 Å². The summed E-state index contributed by atoms with van der Waals surface area (Å²) in [4.78, 5) is 40.6. The first-order valence-electron chi connectivity index (χ1n) is 11.4. The van der Waals surface area contributed by atoms with Gasteiger partial charge < -0.3 is 14.2 Å². The van der Waals surface area contributed by atoms with E-state index in [0.29, 0.717) is 32.7 Å². The van der Waals surface area contributed by atoms with Crippen molar-refractivity contribution in [2.24, 2.45) is 17.8 Å². The standard InChI is InChI=1S/C22H35FN2O6/c1-4-30-20(26)16-8-17(23)13-24(11-16)18-7-6-14-12-25(22(28)29-3)19(10-15(14)9-18)21(27)31-5-2/h14-19H,4-13H2,1-3H3/t14-,15?,16+,17-,18-,19?/m0/s1. The van der Waals surface area contributed by atoms with E-state index < -0.39 is 30.2 Å². The van der Waals surface area contributed by atoms with Crippen molar-refractivity contribution in [3.63, 3.8) is 0 Å². The smallest absolute Gasteiger partial charge is 0.410 e. The highest BCUT2D eigenvalue weighted by Crippen LogP contribution is 2.41. The summed E-state index contributed by atoms with van der Waals surface area (Å²) in [6.07, 6.45) is 1.76. The van der Waals surface area contributed by atoms with Gasteiger partial charge in [-0.1, -0.05) is 0 Å². The highest BCUT2D eigenvalue weighted by molar-refractivity contribution is 5.81. The monoisotopic (exact) mass is 442 g/mol. The van der Waals surface area contributed by atoms with Crippen molar-refractivity contribution >= 4 is 18.0 Å². The Morgan fingerprint density at radius 1 is 0.903 bits per heavy atom. The van der Waals surface area contributed by atoms with Gasteiger partial charge in [0.05, 0.1) is 26.2 Å². The van der Waals surface area contributed by atoms with E-state index in [1.54, 1.807) is 13.8 Å². The third-order valence-electron chi connectivity index (χ3n) is 6.98. The fraction of sp³-hybridized carbons (Fsp3) is 0.864. The number of hydrogen-bond donors (Lipinski definition) is 0. The first-order valence-corrected chi connectivity index (χ1v) is 11.4. The Bertz CT molecular complexity index is 662. The van der Waals surface area contributed by atoms with Gasteiger partial charge in [-0.2, -0.15) is 0 Å². The Morgan fingerprint density at radius 3 is 2.29 bits per heavy atom. The minimum Gasteiger partial charge on any atom is -0.466 e. The van der Waals surface area contributed by atoms with Crippen LogP contribution in [0.15, 0.2) is 0 Å². The molecule has 1 aliphatic carbocycles. The van der Waals surface area contributed by atoms with E-state index in [4.69, 9.17) is 14.2 Å². The second-order valence-corrected chi connectivity index (χ2v) is 8.85. The number of alkyl halides is 1. The summed E-state index contributed by atoms with van der Waals surface area (Å²) in [7, 11) is 1.32. The van der Waals surface area contributed by atoms with Crippen molar-refractivity contribution in [3.8, 4) is 0 Å². The van der Waals surface area contributed by atoms with Gasteiger partial charge in [-0.25, -0.2) is 14.0 Å². The van der Waals surface area contributed by atoms with Crippen LogP contribution in [0.2, 0.25) is 0 Å². The molecule has 176 valence electrons. The van der Waals surface area contributed by atoms with Crippen LogP contribution in [-0.2, 0) is 23.8 Å². The number of methoxy groups -OCH3 is 1. The predicted molar refractivity (Wildman–Crippen MR) is 110 cm³/mol. The molecule has 0 N–H and O–H groups in total. The maximum atomic E-state index is 14.4. The van der Waals surface area contributed by atoms with Gasteiger partial charge in [-0.3, -0.25) is 14.6 Å². The first kappa shape index (κ1) is 23.8. The highest BCUT2D eigenvalue weighted by Gasteiger charge is 2.46. The lowest BCUT2D eigenvalue weighted by molar-refractivity contribution is -0.154. The van der Waals surface area contributed by atoms with Crippen molar-refractivity contribution in [3.05, 3.63) is 0 Å². The zero-order valence-corrected chi connectivity index (χ0v) is 18.8. The number of carbonyl (C=O) groups excluding carboxylic acids is 3. The van der Waals surface area contributed by atoms with Gasteiger partial charge in [-0.15, -0.1) is 0 Å². The Hall–Kier alpha value is -1.90. The van der Waals surface area contributed by atoms with Gasteiger partial charge in [0.2, 0.25) is 0 Å². The van der Waals surface area contributed by atoms with E-state index >= 15 is 0 Å². The SMILES string of the molecule is CCOC(=O)C1CC2C[C@@H](N3C[C@@H](F)C[C@@H](C(=O)OCC)C3)CC[C@H]2CN1C(=O)OC. The molecule has 3 fully saturated rings. The van der Waals surface area contributed by atoms with E-state index in [1.807, 2.05) is 0 Å². The minimum atomic E-state index is -1.05. The summed E-state index contributed by atoms with van der Waals surface area (Å²) in [5.41, 5.74) is 0. The molecule has 6 atom stereocenters. The molecular formula is C22H35FN2O6. The fourth-order valence-corrected chi connectivity index (χ4v) is 5.54. The number of halogens is 1. The third-order valence-corrected chi connectivity index (χ3v) is 6.98. The molecule has 0 aromatic heterocycles. The zero-order chi connectivity index (χ0) is 22.5. The number of carbonyl (C=O) groups is 3. The fourth-order valence-electron chi connectivity index (χ4n) is 5.54. The van der Waals surface area contributed by atoms with E-state index in [0.717, 1.165) is 19.3 Å². The Labute approximate surface area is 183 Å². The Kier molecular flexibility index (Phi) is 8.13. The maximum absolute atomic E-state index is 14.4. The topological polar surface area (TPSA) is 85.4 Å². The van der Waals surface area contributed by atoms with Gasteiger partial charge in [-0.05, 0) is 57.8 Å². The van der Waals surface area contributed by atoms with Crippen LogP contribution in [0.5, 0.6) is 0 Å². The molecule has 1 saturated carbocycles. The maximum Gasteiger partial charge on any atom is 0.410 e. The zero-order valence-electron chi connectivity index (χ0n) is 18.8. The Balaban J connectivity index is 1.68. The molecule has 0 spiro atoms. The number of esters is 2. The van der Waals surface area contributed by atoms with Crippen LogP contribution in [0.1, 0.15) is 46.0 Å². The molecule has 8 nitrogen and oxygen atoms in total. The molecule has 0 aromatic rings. The number of likely N-dealkylation sites (tertiary alicyclic amines) is 2. The normalized spacial score (nSPS) is 33.9. The van der Waals surface area contributed by atoms with Crippen molar-refractivity contribution in [2.45, 2.75) is 64.2 Å². The van der Waals surface area contributed by atoms with Crippen LogP contribution in [0.4, 0.5) is 9.18 Å². The number of piperidine rings is 2. The van der Waals surface area contributed by atoms with Crippen molar-refractivity contribution in [1.82, 2.24) is 9.80 Å². The van der Waals surface area contributed by atoms with Gasteiger partial charge in [0, 0.05) is 25.7 Å². The molecule has 2 aliphatic heterocycles. The number of ether oxygens (including phenoxy) is 3. The van der Waals surface area contributed by atoms with Crippen LogP contribution in [0.3, 0.4) is 0 Å². The number of amides is 1. The lowest BCUT2D eigenvalue weighted by atomic mass is 9.70. The summed E-state index contributed by atoms with van der Waals surface area (Å²) in [5.74, 6) is -0.659. The molecule has 3 aliphatic rings. The van der Waals surface area contributed by atoms with E-state index in [1.165, 1.54) is 12.0 Å². The number of nitrogens with zero attached hydrogens (tertiary/aromatic N) is 2. The van der Waals surface area contributed by atoms with E-state index in [-0.39, 0.29) is 36.9 Å². The molecule has 0 aromatic carbocycles. The number of hydrogen-bond acceptors (Lipinski definition) is 7. The number of fused-ring (bicyclic) bond motifs is 1. The lowest BCUT2D eigenvalue weighted by Crippen LogP contribution is -2.57. The Morgan fingerprint density at radius 2 is 1.61 bits per heavy atom. The third kappa shape index (κ3) is 5.48. The molecular weight excluding hydrogens is 407 g/mol. The molecule has 0 radical (unpaired) electrons. The van der Waals surface area contributed by atoms with Gasteiger partial charge in [0.25, 0.3) is 0 Å². The molecule has 2 heterocycles. The summed E-state index contributed by atoms with van der Waals surface area (Å²) in [6, 6.07) is -0.501. The average Bonchev–Trinajstić information content (AvgIpc) is 2.77. The van der Waals surface area contributed by atoms with E-state index in [9.17, 15) is 18.8 Å². The molecule has 31 heavy (non-hydrogen) atoms. The van der Waals surface area contributed by atoms with E-state index in [2.05, 4.69) is 4.90 Å². The summed E-state index contributed by atoms with van der Waals surface area (Å²) in [6.45, 7) is 5.35. The van der Waals surface area contributed by atoms with Crippen molar-refractivity contribution in [2.75, 3.05) is 40.0 Å². The molecule has 1 amide bonds. The number of rotatable bonds is 5. The molecule has 2 unspecified atom stereocenters. The largest absolute Gasteiger partial charge is 0.466 e. The second-order valence-electron chi connectivity index (χ2n) is 8.85. The predicted octanol–water partition coefficient (Wildman–Crippen LogP) is 2.40. The van der Waals surface area contributed by atoms with Crippen LogP contribution in [-0.4, -0.2) is 86.0 Å². The minimum absolute atomic E-state index is 0.157. The molecule has 0 bridgehead atoms. The quantitative estimate of drug-likeness (QED) is 0.477. The second kappa shape index (κ2) is 10.6. The summed E-state index contributed by atoms with van der Waals surface area (Å²) >= 11 is 0. The van der Waals surface area contributed by atoms with Crippen LogP contribution < -0.4 is 0 Å². The van der Waals surface area contributed by atoms with Crippen molar-refractivity contribution in [1.29, 1.82) is 0 Å². The van der Waals surface area contributed by atoms with Crippen LogP contribution in [0.25, 0.3) is 0 Å². The van der Waals surface area contributed by atoms with Crippen molar-refractivity contribution < 1.29 is 33.0 Å². The molecule has 2 saturated heterocycles. The highest BCUT2D eigenvalue weighted by atomic mass is 19.1. The first-order chi connectivity index (χ1) is 14.9. The van der Waals surface area contributed by atoms with Gasteiger partial charge in [0.1, 0.15) is 12.2 Å². The van der Waals surface area contributed by atoms with Gasteiger partial charge >= 0.3 is 18.0 Å². The molecule has 3 rings (SSSR count). The van der Waals surface area contributed by atoms with Gasteiger partial charge in [0.15, 0.2) is 0 Å². The average molecular weight is 443 g/mol. The summed E-state index contributed by atoms with van der Waals surface area (Å²) in [5, 5.41) is 0. The summed E-state index contributed by atoms with van der Waals surface area (Å²) < 4.78 is 29.7.